The SMILES string of the molecule is C[C@@H]1CN(Cc2ccc(C#N)cc2)CCN1C(=O)c1cn(-c2cccc([N+](=O)[O-])c2)nn1. The largest absolute Gasteiger partial charge is 0.332 e. The first-order valence-electron chi connectivity index (χ1n) is 10.1. The molecule has 1 aliphatic rings. The Labute approximate surface area is 184 Å². The van der Waals surface area contributed by atoms with Crippen LogP contribution in [0.4, 0.5) is 5.69 Å². The minimum Gasteiger partial charge on any atom is -0.332 e. The Morgan fingerprint density at radius 2 is 2.03 bits per heavy atom. The van der Waals surface area contributed by atoms with Crippen molar-refractivity contribution in [3.8, 4) is 11.8 Å². The van der Waals surface area contributed by atoms with Crippen molar-refractivity contribution in [1.29, 1.82) is 5.26 Å². The second kappa shape index (κ2) is 8.95. The number of nitriles is 1. The molecule has 2 aromatic carbocycles. The van der Waals surface area contributed by atoms with Gasteiger partial charge in [0.1, 0.15) is 0 Å². The third-order valence-corrected chi connectivity index (χ3v) is 5.48. The molecule has 10 nitrogen and oxygen atoms in total. The summed E-state index contributed by atoms with van der Waals surface area (Å²) in [5.74, 6) is -0.216. The quantitative estimate of drug-likeness (QED) is 0.449. The van der Waals surface area contributed by atoms with Gasteiger partial charge in [0, 0.05) is 44.4 Å². The van der Waals surface area contributed by atoms with Crippen LogP contribution in [0.3, 0.4) is 0 Å². The van der Waals surface area contributed by atoms with Crippen molar-refractivity contribution >= 4 is 11.6 Å². The summed E-state index contributed by atoms with van der Waals surface area (Å²) in [5.41, 5.74) is 2.36. The second-order valence-electron chi connectivity index (χ2n) is 7.72. The Bertz CT molecular complexity index is 1180. The normalized spacial score (nSPS) is 16.5. The van der Waals surface area contributed by atoms with Gasteiger partial charge in [0.25, 0.3) is 11.6 Å². The fraction of sp³-hybridized carbons (Fsp3) is 0.273. The van der Waals surface area contributed by atoms with Gasteiger partial charge < -0.3 is 4.90 Å². The first-order valence-corrected chi connectivity index (χ1v) is 10.1. The molecule has 0 radical (unpaired) electrons. The summed E-state index contributed by atoms with van der Waals surface area (Å²) in [5, 5.41) is 27.9. The van der Waals surface area contributed by atoms with Crippen LogP contribution in [0.15, 0.2) is 54.7 Å². The number of carbonyl (C=O) groups is 1. The van der Waals surface area contributed by atoms with Crippen molar-refractivity contribution in [1.82, 2.24) is 24.8 Å². The van der Waals surface area contributed by atoms with Crippen molar-refractivity contribution in [2.45, 2.75) is 19.5 Å². The molecule has 2 heterocycles. The van der Waals surface area contributed by atoms with Gasteiger partial charge in [-0.15, -0.1) is 5.10 Å². The van der Waals surface area contributed by atoms with Crippen LogP contribution < -0.4 is 0 Å². The summed E-state index contributed by atoms with van der Waals surface area (Å²) in [6, 6.07) is 15.6. The van der Waals surface area contributed by atoms with E-state index >= 15 is 0 Å². The fourth-order valence-electron chi connectivity index (χ4n) is 3.81. The first kappa shape index (κ1) is 21.1. The summed E-state index contributed by atoms with van der Waals surface area (Å²) in [4.78, 5) is 27.6. The molecule has 0 N–H and O–H groups in total. The van der Waals surface area contributed by atoms with Gasteiger partial charge in [-0.3, -0.25) is 19.8 Å². The van der Waals surface area contributed by atoms with Gasteiger partial charge in [-0.1, -0.05) is 23.4 Å². The Hall–Kier alpha value is -4.10. The number of benzene rings is 2. The van der Waals surface area contributed by atoms with Gasteiger partial charge in [-0.05, 0) is 30.7 Å². The zero-order valence-electron chi connectivity index (χ0n) is 17.5. The highest BCUT2D eigenvalue weighted by Crippen LogP contribution is 2.18. The van der Waals surface area contributed by atoms with Gasteiger partial charge in [-0.25, -0.2) is 4.68 Å². The van der Waals surface area contributed by atoms with Gasteiger partial charge in [-0.2, -0.15) is 5.26 Å². The monoisotopic (exact) mass is 431 g/mol. The van der Waals surface area contributed by atoms with Gasteiger partial charge in [0.05, 0.1) is 28.4 Å². The zero-order valence-corrected chi connectivity index (χ0v) is 17.5. The van der Waals surface area contributed by atoms with Crippen molar-refractivity contribution in [2.75, 3.05) is 19.6 Å². The molecule has 0 saturated carbocycles. The molecule has 0 bridgehead atoms. The maximum Gasteiger partial charge on any atom is 0.276 e. The molecule has 1 atom stereocenters. The van der Waals surface area contributed by atoms with Crippen LogP contribution in [0, 0.1) is 21.4 Å². The van der Waals surface area contributed by atoms with E-state index in [0.717, 1.165) is 18.7 Å². The van der Waals surface area contributed by atoms with Crippen molar-refractivity contribution < 1.29 is 9.72 Å². The second-order valence-corrected chi connectivity index (χ2v) is 7.72. The Kier molecular flexibility index (Phi) is 5.91. The number of carbonyl (C=O) groups excluding carboxylic acids is 1. The van der Waals surface area contributed by atoms with Crippen LogP contribution in [-0.2, 0) is 6.54 Å². The maximum absolute atomic E-state index is 13.0. The van der Waals surface area contributed by atoms with Gasteiger partial charge >= 0.3 is 0 Å². The van der Waals surface area contributed by atoms with Crippen LogP contribution in [0.1, 0.15) is 28.5 Å². The van der Waals surface area contributed by atoms with Crippen molar-refractivity contribution in [2.24, 2.45) is 0 Å². The maximum atomic E-state index is 13.0. The predicted molar refractivity (Wildman–Crippen MR) is 115 cm³/mol. The molecule has 1 aliphatic heterocycles. The summed E-state index contributed by atoms with van der Waals surface area (Å²) >= 11 is 0. The number of piperazine rings is 1. The Morgan fingerprint density at radius 1 is 1.25 bits per heavy atom. The molecule has 10 heteroatoms. The number of nitrogens with zero attached hydrogens (tertiary/aromatic N) is 7. The van der Waals surface area contributed by atoms with E-state index in [1.54, 1.807) is 17.0 Å². The van der Waals surface area contributed by atoms with Crippen molar-refractivity contribution in [3.63, 3.8) is 0 Å². The van der Waals surface area contributed by atoms with E-state index in [4.69, 9.17) is 5.26 Å². The summed E-state index contributed by atoms with van der Waals surface area (Å²) in [6.45, 7) is 4.73. The van der Waals surface area contributed by atoms with Crippen LogP contribution >= 0.6 is 0 Å². The molecule has 32 heavy (non-hydrogen) atoms. The molecule has 1 saturated heterocycles. The molecule has 1 aromatic heterocycles. The lowest BCUT2D eigenvalue weighted by Gasteiger charge is -2.39. The van der Waals surface area contributed by atoms with Crippen molar-refractivity contribution in [3.05, 3.63) is 81.7 Å². The van der Waals surface area contributed by atoms with E-state index in [-0.39, 0.29) is 23.3 Å². The number of nitro groups is 1. The Morgan fingerprint density at radius 3 is 2.72 bits per heavy atom. The number of amides is 1. The number of aromatic nitrogens is 3. The summed E-state index contributed by atoms with van der Waals surface area (Å²) in [7, 11) is 0. The average Bonchev–Trinajstić information content (AvgIpc) is 3.30. The molecular formula is C22H21N7O3. The Balaban J connectivity index is 1.41. The third kappa shape index (κ3) is 4.48. The summed E-state index contributed by atoms with van der Waals surface area (Å²) < 4.78 is 1.37. The van der Waals surface area contributed by atoms with Crippen LogP contribution in [-0.4, -0.2) is 61.3 Å². The van der Waals surface area contributed by atoms with Gasteiger partial charge in [0.15, 0.2) is 5.69 Å². The van der Waals surface area contributed by atoms with Gasteiger partial charge in [0.2, 0.25) is 0 Å². The molecule has 4 rings (SSSR count). The molecule has 0 unspecified atom stereocenters. The fourth-order valence-corrected chi connectivity index (χ4v) is 3.81. The zero-order chi connectivity index (χ0) is 22.7. The lowest BCUT2D eigenvalue weighted by molar-refractivity contribution is -0.384. The topological polar surface area (TPSA) is 121 Å². The number of hydrogen-bond donors (Lipinski definition) is 0. The minimum absolute atomic E-state index is 0.0161. The summed E-state index contributed by atoms with van der Waals surface area (Å²) in [6.07, 6.45) is 1.50. The average molecular weight is 431 g/mol. The highest BCUT2D eigenvalue weighted by molar-refractivity contribution is 5.92. The number of hydrogen-bond acceptors (Lipinski definition) is 7. The van der Waals surface area contributed by atoms with E-state index in [0.29, 0.717) is 24.3 Å². The molecule has 1 fully saturated rings. The number of nitro benzene ring substituents is 1. The van der Waals surface area contributed by atoms with E-state index < -0.39 is 4.92 Å². The number of rotatable bonds is 5. The highest BCUT2D eigenvalue weighted by Gasteiger charge is 2.29. The van der Waals surface area contributed by atoms with E-state index in [2.05, 4.69) is 21.3 Å². The minimum atomic E-state index is -0.481. The lowest BCUT2D eigenvalue weighted by atomic mass is 10.1. The molecule has 162 valence electrons. The highest BCUT2D eigenvalue weighted by atomic mass is 16.6. The molecule has 0 aliphatic carbocycles. The molecule has 1 amide bonds. The van der Waals surface area contributed by atoms with E-state index in [1.165, 1.54) is 23.0 Å². The first-order chi connectivity index (χ1) is 15.4. The molecular weight excluding hydrogens is 410 g/mol. The van der Waals surface area contributed by atoms with Crippen LogP contribution in [0.25, 0.3) is 5.69 Å². The standard InChI is InChI=1S/C22H21N7O3/c1-16-13-26(14-18-7-5-17(12-23)6-8-18)9-10-27(16)22(30)21-15-28(25-24-21)19-3-2-4-20(11-19)29(31)32/h2-8,11,15-16H,9-10,13-14H2,1H3/t16-/m1/s1. The van der Waals surface area contributed by atoms with Crippen LogP contribution in [0.2, 0.25) is 0 Å². The van der Waals surface area contributed by atoms with E-state index in [1.807, 2.05) is 31.2 Å². The van der Waals surface area contributed by atoms with Crippen LogP contribution in [0.5, 0.6) is 0 Å². The van der Waals surface area contributed by atoms with E-state index in [9.17, 15) is 14.9 Å². The smallest absolute Gasteiger partial charge is 0.276 e. The predicted octanol–water partition coefficient (Wildman–Crippen LogP) is 2.39. The molecule has 3 aromatic rings. The third-order valence-electron chi connectivity index (χ3n) is 5.48. The lowest BCUT2D eigenvalue weighted by Crippen LogP contribution is -2.53. The molecule has 0 spiro atoms. The number of non-ortho nitro benzene ring substituents is 1.